The van der Waals surface area contributed by atoms with E-state index >= 15 is 0 Å². The Balaban J connectivity index is 1.49. The van der Waals surface area contributed by atoms with Gasteiger partial charge in [0.25, 0.3) is 0 Å². The molecule has 0 bridgehead atoms. The maximum absolute atomic E-state index is 5.71. The first kappa shape index (κ1) is 15.9. The van der Waals surface area contributed by atoms with Gasteiger partial charge in [0, 0.05) is 19.6 Å². The van der Waals surface area contributed by atoms with Crippen molar-refractivity contribution in [3.63, 3.8) is 0 Å². The molecule has 0 spiro atoms. The zero-order valence-electron chi connectivity index (χ0n) is 14.7. The van der Waals surface area contributed by atoms with Crippen molar-refractivity contribution in [3.05, 3.63) is 52.8 Å². The maximum atomic E-state index is 5.71. The fourth-order valence-electron chi connectivity index (χ4n) is 4.17. The van der Waals surface area contributed by atoms with Crippen molar-refractivity contribution >= 4 is 23.3 Å². The number of imidazole rings is 1. The number of aryl methyl sites for hydroxylation is 1. The van der Waals surface area contributed by atoms with E-state index in [4.69, 9.17) is 21.7 Å². The van der Waals surface area contributed by atoms with Crippen molar-refractivity contribution in [2.24, 2.45) is 7.05 Å². The summed E-state index contributed by atoms with van der Waals surface area (Å²) < 4.78 is 16.2. The van der Waals surface area contributed by atoms with Crippen molar-refractivity contribution < 1.29 is 9.47 Å². The van der Waals surface area contributed by atoms with Gasteiger partial charge in [-0.3, -0.25) is 4.90 Å². The second-order valence-corrected chi connectivity index (χ2v) is 7.35. The molecule has 0 saturated carbocycles. The summed E-state index contributed by atoms with van der Waals surface area (Å²) in [4.78, 5) is 2.51. The molecule has 0 amide bonds. The summed E-state index contributed by atoms with van der Waals surface area (Å²) in [7, 11) is 2.04. The van der Waals surface area contributed by atoms with Crippen LogP contribution in [0.25, 0.3) is 11.0 Å². The molecule has 5 rings (SSSR count). The quantitative estimate of drug-likeness (QED) is 0.648. The number of para-hydroxylation sites is 2. The average Bonchev–Trinajstić information content (AvgIpc) is 3.37. The van der Waals surface area contributed by atoms with Crippen LogP contribution in [0.15, 0.2) is 42.5 Å². The van der Waals surface area contributed by atoms with E-state index in [1.165, 1.54) is 23.0 Å². The molecule has 3 heterocycles. The molecule has 5 nitrogen and oxygen atoms in total. The highest BCUT2D eigenvalue weighted by Crippen LogP contribution is 2.39. The number of nitrogens with zero attached hydrogens (tertiary/aromatic N) is 3. The molecule has 0 aliphatic carbocycles. The van der Waals surface area contributed by atoms with Crippen LogP contribution >= 0.6 is 12.2 Å². The fraction of sp³-hybridized carbons (Fsp3) is 0.350. The predicted molar refractivity (Wildman–Crippen MR) is 103 cm³/mol. The highest BCUT2D eigenvalue weighted by Gasteiger charge is 2.28. The lowest BCUT2D eigenvalue weighted by molar-refractivity contribution is 0.173. The minimum absolute atomic E-state index is 0.318. The van der Waals surface area contributed by atoms with Crippen molar-refractivity contribution in [1.82, 2.24) is 14.0 Å². The molecule has 6 heteroatoms. The van der Waals surface area contributed by atoms with Gasteiger partial charge >= 0.3 is 0 Å². The van der Waals surface area contributed by atoms with E-state index in [1.54, 1.807) is 0 Å². The first-order valence-electron chi connectivity index (χ1n) is 9.00. The highest BCUT2D eigenvalue weighted by molar-refractivity contribution is 7.71. The number of fused-ring (bicyclic) bond motifs is 2. The number of likely N-dealkylation sites (tertiary alicyclic amines) is 1. The van der Waals surface area contributed by atoms with Crippen LogP contribution in [-0.4, -0.2) is 27.4 Å². The number of aromatic nitrogens is 2. The number of hydrogen-bond donors (Lipinski definition) is 0. The van der Waals surface area contributed by atoms with Gasteiger partial charge in [-0.1, -0.05) is 18.2 Å². The zero-order chi connectivity index (χ0) is 17.7. The van der Waals surface area contributed by atoms with Gasteiger partial charge in [0.05, 0.1) is 17.7 Å². The molecule has 1 unspecified atom stereocenters. The fourth-order valence-corrected chi connectivity index (χ4v) is 4.43. The molecule has 3 aromatic rings. The third-order valence-electron chi connectivity index (χ3n) is 5.52. The Morgan fingerprint density at radius 2 is 1.88 bits per heavy atom. The van der Waals surface area contributed by atoms with E-state index in [2.05, 4.69) is 50.4 Å². The maximum Gasteiger partial charge on any atom is 0.231 e. The number of ether oxygens (including phenoxy) is 2. The largest absolute Gasteiger partial charge is 0.454 e. The minimum Gasteiger partial charge on any atom is -0.454 e. The lowest BCUT2D eigenvalue weighted by Crippen LogP contribution is -2.26. The summed E-state index contributed by atoms with van der Waals surface area (Å²) in [6.45, 7) is 2.20. The molecule has 2 aliphatic heterocycles. The van der Waals surface area contributed by atoms with Gasteiger partial charge in [-0.25, -0.2) is 0 Å². The van der Waals surface area contributed by atoms with E-state index in [0.717, 1.165) is 35.9 Å². The third kappa shape index (κ3) is 2.44. The first-order valence-corrected chi connectivity index (χ1v) is 9.41. The van der Waals surface area contributed by atoms with Crippen LogP contribution < -0.4 is 9.47 Å². The smallest absolute Gasteiger partial charge is 0.231 e. The van der Waals surface area contributed by atoms with E-state index in [-0.39, 0.29) is 0 Å². The first-order chi connectivity index (χ1) is 12.7. The Bertz CT molecular complexity index is 1040. The summed E-state index contributed by atoms with van der Waals surface area (Å²) in [6, 6.07) is 15.1. The lowest BCUT2D eigenvalue weighted by Gasteiger charge is -2.25. The Morgan fingerprint density at radius 1 is 1.08 bits per heavy atom. The standard InChI is InChI=1S/C20H21N3O2S/c1-21-16-5-2-3-6-17(16)23(20(21)26)12-22-10-4-7-15(22)14-8-9-18-19(11-14)25-13-24-18/h2-3,5-6,8-9,11,15H,4,7,10,12-13H2,1H3. The Labute approximate surface area is 157 Å². The van der Waals surface area contributed by atoms with Gasteiger partial charge < -0.3 is 18.6 Å². The summed E-state index contributed by atoms with van der Waals surface area (Å²) in [5.74, 6) is 1.70. The molecule has 26 heavy (non-hydrogen) atoms. The van der Waals surface area contributed by atoms with Gasteiger partial charge in [-0.15, -0.1) is 0 Å². The lowest BCUT2D eigenvalue weighted by atomic mass is 10.0. The van der Waals surface area contributed by atoms with E-state index in [0.29, 0.717) is 12.8 Å². The summed E-state index contributed by atoms with van der Waals surface area (Å²) in [5.41, 5.74) is 3.66. The molecule has 2 aliphatic rings. The van der Waals surface area contributed by atoms with Crippen LogP contribution in [-0.2, 0) is 13.7 Å². The molecule has 0 N–H and O–H groups in total. The van der Waals surface area contributed by atoms with E-state index in [1.807, 2.05) is 13.1 Å². The molecular weight excluding hydrogens is 346 g/mol. The minimum atomic E-state index is 0.318. The van der Waals surface area contributed by atoms with E-state index in [9.17, 15) is 0 Å². The number of hydrogen-bond acceptors (Lipinski definition) is 4. The van der Waals surface area contributed by atoms with Crippen molar-refractivity contribution in [1.29, 1.82) is 0 Å². The second kappa shape index (κ2) is 6.14. The molecular formula is C20H21N3O2S. The van der Waals surface area contributed by atoms with Crippen molar-refractivity contribution in [3.8, 4) is 11.5 Å². The van der Waals surface area contributed by atoms with Crippen LogP contribution in [0.3, 0.4) is 0 Å². The van der Waals surface area contributed by atoms with Crippen molar-refractivity contribution in [2.45, 2.75) is 25.6 Å². The van der Waals surface area contributed by atoms with Crippen LogP contribution in [0.2, 0.25) is 0 Å². The van der Waals surface area contributed by atoms with Crippen LogP contribution in [0, 0.1) is 4.77 Å². The van der Waals surface area contributed by atoms with Crippen LogP contribution in [0.5, 0.6) is 11.5 Å². The average molecular weight is 367 g/mol. The zero-order valence-corrected chi connectivity index (χ0v) is 15.5. The Hall–Kier alpha value is -2.31. The van der Waals surface area contributed by atoms with Crippen molar-refractivity contribution in [2.75, 3.05) is 13.3 Å². The summed E-state index contributed by atoms with van der Waals surface area (Å²) in [6.07, 6.45) is 2.34. The second-order valence-electron chi connectivity index (χ2n) is 6.98. The highest BCUT2D eigenvalue weighted by atomic mass is 32.1. The summed E-state index contributed by atoms with van der Waals surface area (Å²) >= 11 is 5.71. The van der Waals surface area contributed by atoms with E-state index < -0.39 is 0 Å². The molecule has 1 atom stereocenters. The normalized spacial score (nSPS) is 19.5. The molecule has 134 valence electrons. The van der Waals surface area contributed by atoms with Gasteiger partial charge in [0.2, 0.25) is 6.79 Å². The monoisotopic (exact) mass is 367 g/mol. The van der Waals surface area contributed by atoms with Gasteiger partial charge in [-0.05, 0) is 54.9 Å². The number of rotatable bonds is 3. The van der Waals surface area contributed by atoms with Gasteiger partial charge in [0.1, 0.15) is 0 Å². The third-order valence-corrected chi connectivity index (χ3v) is 6.01. The van der Waals surface area contributed by atoms with Crippen LogP contribution in [0.1, 0.15) is 24.4 Å². The molecule has 2 aromatic carbocycles. The Morgan fingerprint density at radius 3 is 2.77 bits per heavy atom. The van der Waals surface area contributed by atoms with Gasteiger partial charge in [-0.2, -0.15) is 0 Å². The summed E-state index contributed by atoms with van der Waals surface area (Å²) in [5, 5.41) is 0. The topological polar surface area (TPSA) is 31.6 Å². The molecule has 1 fully saturated rings. The Kier molecular flexibility index (Phi) is 3.76. The van der Waals surface area contributed by atoms with Crippen LogP contribution in [0.4, 0.5) is 0 Å². The molecule has 1 saturated heterocycles. The predicted octanol–water partition coefficient (Wildman–Crippen LogP) is 4.23. The number of benzene rings is 2. The van der Waals surface area contributed by atoms with Gasteiger partial charge in [0.15, 0.2) is 16.3 Å². The molecule has 1 aromatic heterocycles. The molecule has 0 radical (unpaired) electrons. The SMILES string of the molecule is Cn1c(=S)n(CN2CCCC2c2ccc3c(c2)OCO3)c2ccccc21.